The summed E-state index contributed by atoms with van der Waals surface area (Å²) in [6.07, 6.45) is 6.03. The van der Waals surface area contributed by atoms with Crippen LogP contribution in [0.3, 0.4) is 0 Å². The van der Waals surface area contributed by atoms with Crippen molar-refractivity contribution in [2.75, 3.05) is 19.6 Å². The molecular weight excluding hydrogens is 348 g/mol. The molecule has 1 aliphatic carbocycles. The van der Waals surface area contributed by atoms with Crippen LogP contribution in [0.15, 0.2) is 28.4 Å². The van der Waals surface area contributed by atoms with Crippen LogP contribution in [0.2, 0.25) is 0 Å². The molecule has 1 amide bonds. The van der Waals surface area contributed by atoms with Crippen LogP contribution in [-0.4, -0.2) is 54.6 Å². The Morgan fingerprint density at radius 2 is 2.30 bits per heavy atom. The number of alkyl carbamates (subject to hydrolysis) is 1. The molecule has 1 fully saturated rings. The van der Waals surface area contributed by atoms with Crippen LogP contribution in [0.4, 0.5) is 4.79 Å². The number of rotatable bonds is 7. The largest absolute Gasteiger partial charge is 0.443 e. The van der Waals surface area contributed by atoms with E-state index in [-0.39, 0.29) is 11.7 Å². The molecule has 3 rings (SSSR count). The van der Waals surface area contributed by atoms with E-state index in [2.05, 4.69) is 31.7 Å². The SMILES string of the molecule is CC1(OC(=O)NCCNC2=NCC(OCc3ccncc3C#N)C=N2)CC1. The Labute approximate surface area is 157 Å². The van der Waals surface area contributed by atoms with E-state index in [4.69, 9.17) is 14.7 Å². The molecule has 142 valence electrons. The van der Waals surface area contributed by atoms with Gasteiger partial charge in [0.25, 0.3) is 0 Å². The van der Waals surface area contributed by atoms with E-state index in [0.717, 1.165) is 18.4 Å². The van der Waals surface area contributed by atoms with Gasteiger partial charge in [-0.05, 0) is 31.4 Å². The van der Waals surface area contributed by atoms with E-state index < -0.39 is 6.09 Å². The van der Waals surface area contributed by atoms with E-state index in [1.54, 1.807) is 18.5 Å². The van der Waals surface area contributed by atoms with Crippen molar-refractivity contribution in [1.29, 1.82) is 5.26 Å². The van der Waals surface area contributed by atoms with Gasteiger partial charge in [-0.25, -0.2) is 14.8 Å². The highest BCUT2D eigenvalue weighted by atomic mass is 16.6. The van der Waals surface area contributed by atoms with Crippen molar-refractivity contribution in [2.45, 2.75) is 38.1 Å². The molecule has 9 heteroatoms. The highest BCUT2D eigenvalue weighted by Crippen LogP contribution is 2.38. The second-order valence-corrected chi connectivity index (χ2v) is 6.63. The Bertz CT molecular complexity index is 782. The summed E-state index contributed by atoms with van der Waals surface area (Å²) in [7, 11) is 0. The third kappa shape index (κ3) is 5.76. The summed E-state index contributed by atoms with van der Waals surface area (Å²) in [6, 6.07) is 3.85. The summed E-state index contributed by atoms with van der Waals surface area (Å²) >= 11 is 0. The van der Waals surface area contributed by atoms with Gasteiger partial charge in [-0.1, -0.05) is 0 Å². The second kappa shape index (κ2) is 8.60. The lowest BCUT2D eigenvalue weighted by molar-refractivity contribution is 0.0920. The molecule has 1 aromatic heterocycles. The third-order valence-corrected chi connectivity index (χ3v) is 4.24. The number of aliphatic imine (C=N–C) groups is 2. The molecule has 1 saturated carbocycles. The van der Waals surface area contributed by atoms with Crippen LogP contribution in [0, 0.1) is 11.3 Å². The number of aromatic nitrogens is 1. The lowest BCUT2D eigenvalue weighted by Crippen LogP contribution is -2.37. The normalized spacial score (nSPS) is 19.6. The van der Waals surface area contributed by atoms with Crippen LogP contribution < -0.4 is 10.6 Å². The van der Waals surface area contributed by atoms with Gasteiger partial charge in [0.2, 0.25) is 5.96 Å². The number of nitrogens with one attached hydrogen (secondary N) is 2. The van der Waals surface area contributed by atoms with Gasteiger partial charge in [-0.2, -0.15) is 5.26 Å². The standard InChI is InChI=1S/C18H22N6O3/c1-18(3-4-18)27-17(25)22-7-6-21-16-23-10-15(11-24-16)26-12-13-2-5-20-9-14(13)8-19/h2,5,9-10,15H,3-4,6-7,11-12H2,1H3,(H,21,24)(H,22,25). The van der Waals surface area contributed by atoms with E-state index in [0.29, 0.717) is 37.8 Å². The molecule has 0 spiro atoms. The Balaban J connectivity index is 1.32. The average molecular weight is 370 g/mol. The van der Waals surface area contributed by atoms with Gasteiger partial charge < -0.3 is 20.1 Å². The molecule has 0 bridgehead atoms. The van der Waals surface area contributed by atoms with Crippen LogP contribution in [0.5, 0.6) is 0 Å². The molecule has 0 saturated heterocycles. The number of hydrogen-bond acceptors (Lipinski definition) is 8. The Morgan fingerprint density at radius 3 is 3.00 bits per heavy atom. The summed E-state index contributed by atoms with van der Waals surface area (Å²) in [6.45, 7) is 3.57. The molecule has 2 N–H and O–H groups in total. The third-order valence-electron chi connectivity index (χ3n) is 4.24. The van der Waals surface area contributed by atoms with Crippen molar-refractivity contribution in [3.63, 3.8) is 0 Å². The molecule has 0 aromatic carbocycles. The van der Waals surface area contributed by atoms with Crippen LogP contribution >= 0.6 is 0 Å². The maximum Gasteiger partial charge on any atom is 0.407 e. The minimum absolute atomic E-state index is 0.248. The number of nitriles is 1. The van der Waals surface area contributed by atoms with Gasteiger partial charge in [0, 0.05) is 31.7 Å². The second-order valence-electron chi connectivity index (χ2n) is 6.63. The maximum atomic E-state index is 11.6. The first-order valence-corrected chi connectivity index (χ1v) is 8.82. The zero-order chi connectivity index (χ0) is 19.1. The quantitative estimate of drug-likeness (QED) is 0.695. The highest BCUT2D eigenvalue weighted by molar-refractivity contribution is 5.90. The van der Waals surface area contributed by atoms with Crippen molar-refractivity contribution >= 4 is 18.3 Å². The van der Waals surface area contributed by atoms with Gasteiger partial charge >= 0.3 is 6.09 Å². The predicted octanol–water partition coefficient (Wildman–Crippen LogP) is 1.15. The first-order valence-electron chi connectivity index (χ1n) is 8.82. The van der Waals surface area contributed by atoms with Gasteiger partial charge in [0.05, 0.1) is 18.7 Å². The molecule has 0 radical (unpaired) electrons. The van der Waals surface area contributed by atoms with Crippen molar-refractivity contribution in [3.8, 4) is 6.07 Å². The number of ether oxygens (including phenoxy) is 2. The first kappa shape index (κ1) is 18.8. The van der Waals surface area contributed by atoms with E-state index in [1.807, 2.05) is 6.92 Å². The highest BCUT2D eigenvalue weighted by Gasteiger charge is 2.41. The fourth-order valence-electron chi connectivity index (χ4n) is 2.34. The Morgan fingerprint density at radius 1 is 1.44 bits per heavy atom. The summed E-state index contributed by atoms with van der Waals surface area (Å²) < 4.78 is 11.0. The molecule has 1 aliphatic heterocycles. The summed E-state index contributed by atoms with van der Waals surface area (Å²) in [5.41, 5.74) is 1.01. The Hall–Kier alpha value is -2.99. The fourth-order valence-corrected chi connectivity index (χ4v) is 2.34. The number of pyridine rings is 1. The van der Waals surface area contributed by atoms with Crippen LogP contribution in [0.25, 0.3) is 0 Å². The van der Waals surface area contributed by atoms with Gasteiger partial charge in [-0.15, -0.1) is 0 Å². The van der Waals surface area contributed by atoms with Crippen molar-refractivity contribution in [1.82, 2.24) is 15.6 Å². The van der Waals surface area contributed by atoms with E-state index >= 15 is 0 Å². The molecular formula is C18H22N6O3. The van der Waals surface area contributed by atoms with Gasteiger partial charge in [0.1, 0.15) is 17.8 Å². The zero-order valence-corrected chi connectivity index (χ0v) is 15.1. The number of nitrogens with zero attached hydrogens (tertiary/aromatic N) is 4. The molecule has 1 aromatic rings. The Kier molecular flexibility index (Phi) is 5.98. The average Bonchev–Trinajstić information content (AvgIpc) is 3.41. The molecule has 9 nitrogen and oxygen atoms in total. The van der Waals surface area contributed by atoms with Gasteiger partial charge in [0.15, 0.2) is 0 Å². The van der Waals surface area contributed by atoms with Crippen molar-refractivity contribution < 1.29 is 14.3 Å². The first-order chi connectivity index (χ1) is 13.1. The molecule has 2 aliphatic rings. The topological polar surface area (TPSA) is 121 Å². The molecule has 27 heavy (non-hydrogen) atoms. The fraction of sp³-hybridized carbons (Fsp3) is 0.500. The number of amides is 1. The molecule has 2 heterocycles. The number of hydrogen-bond donors (Lipinski definition) is 2. The lowest BCUT2D eigenvalue weighted by atomic mass is 10.2. The smallest absolute Gasteiger partial charge is 0.407 e. The summed E-state index contributed by atoms with van der Waals surface area (Å²) in [5, 5.41) is 14.8. The predicted molar refractivity (Wildman–Crippen MR) is 98.4 cm³/mol. The van der Waals surface area contributed by atoms with E-state index in [9.17, 15) is 4.79 Å². The maximum absolute atomic E-state index is 11.6. The van der Waals surface area contributed by atoms with Crippen molar-refractivity contribution in [2.24, 2.45) is 9.98 Å². The number of guanidine groups is 1. The van der Waals surface area contributed by atoms with Crippen LogP contribution in [0.1, 0.15) is 30.9 Å². The van der Waals surface area contributed by atoms with Crippen molar-refractivity contribution in [3.05, 3.63) is 29.6 Å². The van der Waals surface area contributed by atoms with Crippen LogP contribution in [-0.2, 0) is 16.1 Å². The number of carbonyl (C=O) groups excluding carboxylic acids is 1. The van der Waals surface area contributed by atoms with E-state index in [1.165, 1.54) is 6.20 Å². The summed E-state index contributed by atoms with van der Waals surface area (Å²) in [5.74, 6) is 0.501. The number of carbonyl (C=O) groups is 1. The minimum atomic E-state index is -0.396. The minimum Gasteiger partial charge on any atom is -0.443 e. The summed E-state index contributed by atoms with van der Waals surface area (Å²) in [4.78, 5) is 24.0. The molecule has 1 unspecified atom stereocenters. The lowest BCUT2D eigenvalue weighted by Gasteiger charge is -2.17. The van der Waals surface area contributed by atoms with Gasteiger partial charge in [-0.3, -0.25) is 4.98 Å². The monoisotopic (exact) mass is 370 g/mol. The molecule has 1 atom stereocenters. The zero-order valence-electron chi connectivity index (χ0n) is 15.1.